The second-order valence-corrected chi connectivity index (χ2v) is 8.39. The van der Waals surface area contributed by atoms with E-state index in [1.807, 2.05) is 24.5 Å². The summed E-state index contributed by atoms with van der Waals surface area (Å²) in [6.45, 7) is 2.14. The van der Waals surface area contributed by atoms with Gasteiger partial charge in [-0.1, -0.05) is 18.2 Å². The van der Waals surface area contributed by atoms with Crippen molar-refractivity contribution in [3.63, 3.8) is 0 Å². The number of carboxylic acid groups (broad SMARTS) is 2. The molecule has 0 aromatic carbocycles. The number of amides is 2. The highest BCUT2D eigenvalue weighted by Crippen LogP contribution is 2.31. The van der Waals surface area contributed by atoms with Crippen molar-refractivity contribution >= 4 is 35.5 Å². The SMILES string of the molecule is CC1(C(=O)O)C=CC=C(C(=O)O)C1.CSCCNC(=O)Nc1cc(-c2cccnc2)nn1C. The summed E-state index contributed by atoms with van der Waals surface area (Å²) in [4.78, 5) is 37.1. The number of aromatic nitrogens is 3. The Kier molecular flexibility index (Phi) is 9.22. The smallest absolute Gasteiger partial charge is 0.331 e. The zero-order valence-electron chi connectivity index (χ0n) is 18.6. The number of nitrogens with one attached hydrogen (secondary N) is 2. The summed E-state index contributed by atoms with van der Waals surface area (Å²) in [6, 6.07) is 5.38. The molecule has 10 nitrogen and oxygen atoms in total. The third-order valence-electron chi connectivity index (χ3n) is 4.75. The van der Waals surface area contributed by atoms with Crippen molar-refractivity contribution in [2.45, 2.75) is 13.3 Å². The largest absolute Gasteiger partial charge is 0.481 e. The lowest BCUT2D eigenvalue weighted by molar-refractivity contribution is -0.145. The van der Waals surface area contributed by atoms with E-state index in [1.165, 1.54) is 25.2 Å². The fourth-order valence-electron chi connectivity index (χ4n) is 2.85. The molecule has 11 heteroatoms. The fraction of sp³-hybridized carbons (Fsp3) is 0.318. The number of pyridine rings is 1. The van der Waals surface area contributed by atoms with E-state index < -0.39 is 17.4 Å². The van der Waals surface area contributed by atoms with E-state index in [-0.39, 0.29) is 18.0 Å². The van der Waals surface area contributed by atoms with Gasteiger partial charge in [0.25, 0.3) is 0 Å². The zero-order valence-corrected chi connectivity index (χ0v) is 19.4. The molecule has 2 heterocycles. The van der Waals surface area contributed by atoms with Crippen LogP contribution in [0.4, 0.5) is 10.6 Å². The molecule has 0 bridgehead atoms. The molecule has 0 aliphatic heterocycles. The first-order valence-electron chi connectivity index (χ1n) is 9.99. The Morgan fingerprint density at radius 2 is 2.06 bits per heavy atom. The van der Waals surface area contributed by atoms with Crippen LogP contribution >= 0.6 is 11.8 Å². The normalized spacial score (nSPS) is 16.8. The number of carbonyl (C=O) groups excluding carboxylic acids is 1. The number of allylic oxidation sites excluding steroid dienone is 2. The number of nitrogens with zero attached hydrogens (tertiary/aromatic N) is 3. The second-order valence-electron chi connectivity index (χ2n) is 7.41. The molecule has 2 amide bonds. The van der Waals surface area contributed by atoms with Gasteiger partial charge in [-0.25, -0.2) is 9.59 Å². The number of aryl methyl sites for hydroxylation is 1. The summed E-state index contributed by atoms with van der Waals surface area (Å²) in [5, 5.41) is 27.4. The lowest BCUT2D eigenvalue weighted by Crippen LogP contribution is -2.31. The van der Waals surface area contributed by atoms with Crippen molar-refractivity contribution in [3.05, 3.63) is 54.4 Å². The van der Waals surface area contributed by atoms with E-state index in [0.29, 0.717) is 12.4 Å². The van der Waals surface area contributed by atoms with E-state index in [1.54, 1.807) is 35.9 Å². The number of anilines is 1. The summed E-state index contributed by atoms with van der Waals surface area (Å²) in [5.41, 5.74) is 0.744. The Hall–Kier alpha value is -3.60. The molecule has 0 radical (unpaired) electrons. The van der Waals surface area contributed by atoms with Crippen LogP contribution in [0, 0.1) is 5.41 Å². The van der Waals surface area contributed by atoms with Crippen molar-refractivity contribution in [1.82, 2.24) is 20.1 Å². The van der Waals surface area contributed by atoms with Crippen LogP contribution in [0.3, 0.4) is 0 Å². The van der Waals surface area contributed by atoms with Gasteiger partial charge in [-0.2, -0.15) is 16.9 Å². The van der Waals surface area contributed by atoms with Crippen LogP contribution in [-0.4, -0.2) is 61.5 Å². The molecule has 1 unspecified atom stereocenters. The topological polar surface area (TPSA) is 146 Å². The number of aliphatic carboxylic acids is 2. The van der Waals surface area contributed by atoms with Crippen molar-refractivity contribution < 1.29 is 24.6 Å². The van der Waals surface area contributed by atoms with Crippen LogP contribution in [0.2, 0.25) is 0 Å². The minimum absolute atomic E-state index is 0.0359. The molecule has 0 saturated heterocycles. The molecule has 3 rings (SSSR count). The van der Waals surface area contributed by atoms with Crippen molar-refractivity contribution in [1.29, 1.82) is 0 Å². The molecule has 176 valence electrons. The molecule has 0 saturated carbocycles. The van der Waals surface area contributed by atoms with Gasteiger partial charge >= 0.3 is 18.0 Å². The summed E-state index contributed by atoms with van der Waals surface area (Å²) in [5.74, 6) is -0.530. The summed E-state index contributed by atoms with van der Waals surface area (Å²) in [7, 11) is 1.79. The van der Waals surface area contributed by atoms with Crippen LogP contribution in [-0.2, 0) is 16.6 Å². The maximum atomic E-state index is 11.7. The number of rotatable bonds is 7. The van der Waals surface area contributed by atoms with Gasteiger partial charge in [0.05, 0.1) is 11.1 Å². The standard InChI is InChI=1S/C13H17N5OS.C9H10O4/c1-18-12(16-13(19)15-6-7-20-2)8-11(17-18)10-4-3-5-14-9-10;1-9(8(12)13)4-2-3-6(5-9)7(10)11/h3-5,8-9H,6-7H2,1-2H3,(H2,15,16,19);2-4H,5H2,1H3,(H,10,11)(H,12,13). The number of hydrogen-bond acceptors (Lipinski definition) is 6. The number of urea groups is 1. The molecule has 1 aliphatic rings. The van der Waals surface area contributed by atoms with Gasteiger partial charge in [-0.15, -0.1) is 0 Å². The molecule has 33 heavy (non-hydrogen) atoms. The first-order chi connectivity index (χ1) is 15.7. The predicted octanol–water partition coefficient (Wildman–Crippen LogP) is 3.01. The highest BCUT2D eigenvalue weighted by Gasteiger charge is 2.34. The average Bonchev–Trinajstić information content (AvgIpc) is 3.15. The Morgan fingerprint density at radius 3 is 2.67 bits per heavy atom. The number of hydrogen-bond donors (Lipinski definition) is 4. The molecular formula is C22H27N5O5S. The summed E-state index contributed by atoms with van der Waals surface area (Å²) < 4.78 is 1.64. The number of carbonyl (C=O) groups is 3. The maximum absolute atomic E-state index is 11.7. The minimum atomic E-state index is -1.08. The molecule has 0 fully saturated rings. The number of carboxylic acids is 2. The molecule has 0 spiro atoms. The van der Waals surface area contributed by atoms with Gasteiger partial charge in [0.2, 0.25) is 0 Å². The van der Waals surface area contributed by atoms with Gasteiger partial charge in [0.1, 0.15) is 5.82 Å². The molecule has 2 aromatic heterocycles. The van der Waals surface area contributed by atoms with Crippen LogP contribution in [0.5, 0.6) is 0 Å². The van der Waals surface area contributed by atoms with Crippen LogP contribution in [0.15, 0.2) is 54.4 Å². The number of thioether (sulfide) groups is 1. The minimum Gasteiger partial charge on any atom is -0.481 e. The molecule has 1 atom stereocenters. The van der Waals surface area contributed by atoms with Crippen molar-refractivity contribution in [3.8, 4) is 11.3 Å². The van der Waals surface area contributed by atoms with Crippen LogP contribution in [0.25, 0.3) is 11.3 Å². The predicted molar refractivity (Wildman–Crippen MR) is 127 cm³/mol. The van der Waals surface area contributed by atoms with E-state index in [2.05, 4.69) is 20.7 Å². The first kappa shape index (κ1) is 25.7. The Balaban J connectivity index is 0.000000257. The van der Waals surface area contributed by atoms with Gasteiger partial charge in [0.15, 0.2) is 0 Å². The third kappa shape index (κ3) is 7.49. The van der Waals surface area contributed by atoms with Crippen LogP contribution < -0.4 is 10.6 Å². The van der Waals surface area contributed by atoms with E-state index >= 15 is 0 Å². The quantitative estimate of drug-likeness (QED) is 0.449. The summed E-state index contributed by atoms with van der Waals surface area (Å²) in [6.07, 6.45) is 9.89. The lowest BCUT2D eigenvalue weighted by atomic mass is 9.80. The summed E-state index contributed by atoms with van der Waals surface area (Å²) >= 11 is 1.69. The van der Waals surface area contributed by atoms with Crippen LogP contribution in [0.1, 0.15) is 13.3 Å². The third-order valence-corrected chi connectivity index (χ3v) is 5.37. The van der Waals surface area contributed by atoms with Crippen molar-refractivity contribution in [2.75, 3.05) is 23.9 Å². The van der Waals surface area contributed by atoms with Gasteiger partial charge in [0, 0.05) is 48.9 Å². The molecule has 4 N–H and O–H groups in total. The molecule has 1 aliphatic carbocycles. The monoisotopic (exact) mass is 473 g/mol. The Morgan fingerprint density at radius 1 is 1.30 bits per heavy atom. The maximum Gasteiger partial charge on any atom is 0.331 e. The zero-order chi connectivity index (χ0) is 24.4. The van der Waals surface area contributed by atoms with Gasteiger partial charge in [-0.05, 0) is 31.7 Å². The van der Waals surface area contributed by atoms with E-state index in [0.717, 1.165) is 17.0 Å². The Bertz CT molecular complexity index is 1050. The van der Waals surface area contributed by atoms with Crippen molar-refractivity contribution in [2.24, 2.45) is 12.5 Å². The highest BCUT2D eigenvalue weighted by atomic mass is 32.2. The van der Waals surface area contributed by atoms with E-state index in [9.17, 15) is 14.4 Å². The van der Waals surface area contributed by atoms with Gasteiger partial charge in [-0.3, -0.25) is 19.8 Å². The van der Waals surface area contributed by atoms with E-state index in [4.69, 9.17) is 10.2 Å². The fourth-order valence-corrected chi connectivity index (χ4v) is 3.16. The lowest BCUT2D eigenvalue weighted by Gasteiger charge is -2.23. The molecule has 2 aromatic rings. The highest BCUT2D eigenvalue weighted by molar-refractivity contribution is 7.98. The second kappa shape index (κ2) is 11.9. The van der Waals surface area contributed by atoms with Gasteiger partial charge < -0.3 is 15.5 Å². The Labute approximate surface area is 195 Å². The first-order valence-corrected chi connectivity index (χ1v) is 11.4. The molecular weight excluding hydrogens is 446 g/mol. The average molecular weight is 474 g/mol.